The summed E-state index contributed by atoms with van der Waals surface area (Å²) in [4.78, 5) is 0.316. The molecule has 4 nitrogen and oxygen atoms in total. The Kier molecular flexibility index (Phi) is 5.04. The summed E-state index contributed by atoms with van der Waals surface area (Å²) in [5.74, 6) is 6.49. The highest BCUT2D eigenvalue weighted by Crippen LogP contribution is 2.28. The van der Waals surface area contributed by atoms with Crippen molar-refractivity contribution in [3.63, 3.8) is 0 Å². The quantitative estimate of drug-likeness (QED) is 0.865. The molecular weight excluding hydrogens is 286 g/mol. The first-order valence-electron chi connectivity index (χ1n) is 7.15. The van der Waals surface area contributed by atoms with Crippen LogP contribution in [0.1, 0.15) is 25.8 Å². The number of hydrogen-bond donors (Lipinski definition) is 1. The van der Waals surface area contributed by atoms with Crippen LogP contribution in [0.15, 0.2) is 29.2 Å². The van der Waals surface area contributed by atoms with Crippen LogP contribution in [-0.2, 0) is 10.0 Å². The van der Waals surface area contributed by atoms with E-state index in [0.29, 0.717) is 36.2 Å². The predicted octanol–water partition coefficient (Wildman–Crippen LogP) is 1.70. The second-order valence-electron chi connectivity index (χ2n) is 5.58. The monoisotopic (exact) mass is 307 g/mol. The average Bonchev–Trinajstić information content (AvgIpc) is 2.80. The van der Waals surface area contributed by atoms with Gasteiger partial charge in [0.15, 0.2) is 0 Å². The smallest absolute Gasteiger partial charge is 0.243 e. The van der Waals surface area contributed by atoms with Crippen LogP contribution in [0, 0.1) is 23.7 Å². The molecule has 1 aliphatic heterocycles. The number of benzene rings is 1. The van der Waals surface area contributed by atoms with Crippen LogP contribution in [0.2, 0.25) is 0 Å². The van der Waals surface area contributed by atoms with Crippen molar-refractivity contribution in [3.05, 3.63) is 29.8 Å². The minimum absolute atomic E-state index is 0.0325. The lowest BCUT2D eigenvalue weighted by Crippen LogP contribution is -2.29. The zero-order valence-electron chi connectivity index (χ0n) is 12.4. The average molecular weight is 307 g/mol. The van der Waals surface area contributed by atoms with Crippen molar-refractivity contribution >= 4 is 10.0 Å². The lowest BCUT2D eigenvalue weighted by atomic mass is 10.0. The third-order valence-electron chi connectivity index (χ3n) is 3.92. The van der Waals surface area contributed by atoms with E-state index in [1.165, 1.54) is 0 Å². The van der Waals surface area contributed by atoms with Crippen molar-refractivity contribution < 1.29 is 13.5 Å². The van der Waals surface area contributed by atoms with E-state index >= 15 is 0 Å². The maximum Gasteiger partial charge on any atom is 0.243 e. The molecule has 1 aromatic carbocycles. The highest BCUT2D eigenvalue weighted by atomic mass is 32.2. The molecule has 21 heavy (non-hydrogen) atoms. The first kappa shape index (κ1) is 16.0. The minimum atomic E-state index is -3.40. The molecule has 0 spiro atoms. The van der Waals surface area contributed by atoms with Crippen molar-refractivity contribution in [2.75, 3.05) is 19.7 Å². The third kappa shape index (κ3) is 3.65. The molecule has 1 aliphatic rings. The molecule has 0 saturated carbocycles. The normalized spacial score (nSPS) is 22.8. The highest BCUT2D eigenvalue weighted by Gasteiger charge is 2.34. The van der Waals surface area contributed by atoms with E-state index in [2.05, 4.69) is 25.7 Å². The number of aliphatic hydroxyl groups excluding tert-OH is 1. The van der Waals surface area contributed by atoms with Gasteiger partial charge in [-0.15, -0.1) is 0 Å². The fraction of sp³-hybridized carbons (Fsp3) is 0.500. The van der Waals surface area contributed by atoms with Crippen molar-refractivity contribution in [3.8, 4) is 11.8 Å². The van der Waals surface area contributed by atoms with Crippen LogP contribution < -0.4 is 0 Å². The molecule has 0 aliphatic carbocycles. The van der Waals surface area contributed by atoms with Gasteiger partial charge in [0, 0.05) is 25.1 Å². The fourth-order valence-corrected chi connectivity index (χ4v) is 3.99. The summed E-state index contributed by atoms with van der Waals surface area (Å²) in [5.41, 5.74) is 0.755. The lowest BCUT2D eigenvalue weighted by Gasteiger charge is -2.16. The number of sulfonamides is 1. The number of nitrogens with zero attached hydrogens (tertiary/aromatic N) is 1. The number of hydrogen-bond acceptors (Lipinski definition) is 3. The van der Waals surface area contributed by atoms with Crippen LogP contribution in [0.3, 0.4) is 0 Å². The predicted molar refractivity (Wildman–Crippen MR) is 82.1 cm³/mol. The largest absolute Gasteiger partial charge is 0.395 e. The second-order valence-corrected chi connectivity index (χ2v) is 7.51. The molecule has 0 bridgehead atoms. The van der Waals surface area contributed by atoms with E-state index in [-0.39, 0.29) is 6.61 Å². The lowest BCUT2D eigenvalue weighted by molar-refractivity contribution is 0.305. The zero-order valence-corrected chi connectivity index (χ0v) is 13.2. The maximum absolute atomic E-state index is 12.6. The molecule has 5 heteroatoms. The van der Waals surface area contributed by atoms with Crippen molar-refractivity contribution in [1.29, 1.82) is 0 Å². The van der Waals surface area contributed by atoms with E-state index in [9.17, 15) is 8.42 Å². The number of rotatable bonds is 3. The van der Waals surface area contributed by atoms with Gasteiger partial charge in [-0.1, -0.05) is 25.7 Å². The van der Waals surface area contributed by atoms with Gasteiger partial charge in [0.05, 0.1) is 11.5 Å². The Morgan fingerprint density at radius 1 is 1.19 bits per heavy atom. The van der Waals surface area contributed by atoms with Gasteiger partial charge in [-0.3, -0.25) is 0 Å². The van der Waals surface area contributed by atoms with Crippen molar-refractivity contribution in [1.82, 2.24) is 4.31 Å². The van der Waals surface area contributed by atoms with Gasteiger partial charge in [-0.05, 0) is 36.1 Å². The first-order chi connectivity index (χ1) is 9.95. The summed E-state index contributed by atoms with van der Waals surface area (Å²) in [6, 6.07) is 6.62. The summed E-state index contributed by atoms with van der Waals surface area (Å²) < 4.78 is 26.7. The molecule has 2 unspecified atom stereocenters. The molecule has 1 saturated heterocycles. The minimum Gasteiger partial charge on any atom is -0.395 e. The number of aliphatic hydroxyl groups is 1. The van der Waals surface area contributed by atoms with Gasteiger partial charge in [-0.2, -0.15) is 4.31 Å². The molecular formula is C16H21NO3S. The molecule has 114 valence electrons. The molecule has 1 heterocycles. The Bertz CT molecular complexity index is 630. The van der Waals surface area contributed by atoms with Gasteiger partial charge in [0.2, 0.25) is 10.0 Å². The van der Waals surface area contributed by atoms with Gasteiger partial charge in [-0.25, -0.2) is 8.42 Å². The van der Waals surface area contributed by atoms with E-state index < -0.39 is 10.0 Å². The summed E-state index contributed by atoms with van der Waals surface area (Å²) >= 11 is 0. The Labute approximate surface area is 126 Å². The van der Waals surface area contributed by atoms with Gasteiger partial charge >= 0.3 is 0 Å². The third-order valence-corrected chi connectivity index (χ3v) is 5.76. The molecule has 0 aromatic heterocycles. The van der Waals surface area contributed by atoms with Crippen LogP contribution >= 0.6 is 0 Å². The fourth-order valence-electron chi connectivity index (χ4n) is 2.35. The summed E-state index contributed by atoms with van der Waals surface area (Å²) in [5, 5.41) is 8.67. The Hall–Kier alpha value is -1.35. The molecule has 1 N–H and O–H groups in total. The van der Waals surface area contributed by atoms with Gasteiger partial charge in [0.25, 0.3) is 0 Å². The summed E-state index contributed by atoms with van der Waals surface area (Å²) in [7, 11) is -3.40. The Balaban J connectivity index is 2.17. The SMILES string of the molecule is CC1CN(S(=O)(=O)c2ccc(C#CCCO)cc2)CC1C. The summed E-state index contributed by atoms with van der Waals surface area (Å²) in [6.45, 7) is 5.37. The second kappa shape index (κ2) is 6.61. The summed E-state index contributed by atoms with van der Waals surface area (Å²) in [6.07, 6.45) is 0.420. The van der Waals surface area contributed by atoms with Gasteiger partial charge < -0.3 is 5.11 Å². The van der Waals surface area contributed by atoms with Crippen molar-refractivity contribution in [2.24, 2.45) is 11.8 Å². The van der Waals surface area contributed by atoms with Crippen LogP contribution in [-0.4, -0.2) is 37.5 Å². The van der Waals surface area contributed by atoms with Crippen LogP contribution in [0.5, 0.6) is 0 Å². The Morgan fingerprint density at radius 2 is 1.76 bits per heavy atom. The van der Waals surface area contributed by atoms with Crippen molar-refractivity contribution in [2.45, 2.75) is 25.2 Å². The van der Waals surface area contributed by atoms with E-state index in [1.807, 2.05) is 0 Å². The molecule has 2 atom stereocenters. The van der Waals surface area contributed by atoms with E-state index in [1.54, 1.807) is 28.6 Å². The van der Waals surface area contributed by atoms with Gasteiger partial charge in [0.1, 0.15) is 0 Å². The van der Waals surface area contributed by atoms with Crippen LogP contribution in [0.4, 0.5) is 0 Å². The molecule has 1 fully saturated rings. The molecule has 0 amide bonds. The first-order valence-corrected chi connectivity index (χ1v) is 8.59. The zero-order chi connectivity index (χ0) is 15.5. The molecule has 0 radical (unpaired) electrons. The van der Waals surface area contributed by atoms with Crippen LogP contribution in [0.25, 0.3) is 0 Å². The van der Waals surface area contributed by atoms with E-state index in [4.69, 9.17) is 5.11 Å². The molecule has 1 aromatic rings. The highest BCUT2D eigenvalue weighted by molar-refractivity contribution is 7.89. The maximum atomic E-state index is 12.6. The van der Waals surface area contributed by atoms with E-state index in [0.717, 1.165) is 5.56 Å². The standard InChI is InChI=1S/C16H21NO3S/c1-13-11-17(12-14(13)2)21(19,20)16-8-6-15(7-9-16)5-3-4-10-18/h6-9,13-14,18H,4,10-12H2,1-2H3. The topological polar surface area (TPSA) is 57.6 Å². The Morgan fingerprint density at radius 3 is 2.29 bits per heavy atom. The molecule has 2 rings (SSSR count).